The fraction of sp³-hybridized carbons (Fsp3) is 0.467. The number of halogens is 1. The normalized spacial score (nSPS) is 28.7. The maximum absolute atomic E-state index is 10.9. The van der Waals surface area contributed by atoms with Crippen molar-refractivity contribution in [1.29, 1.82) is 0 Å². The van der Waals surface area contributed by atoms with Gasteiger partial charge in [-0.25, -0.2) is 0 Å². The molecule has 0 spiro atoms. The third-order valence-electron chi connectivity index (χ3n) is 4.17. The van der Waals surface area contributed by atoms with Gasteiger partial charge in [0, 0.05) is 10.4 Å². The van der Waals surface area contributed by atoms with E-state index in [1.807, 2.05) is 24.3 Å². The summed E-state index contributed by atoms with van der Waals surface area (Å²) < 4.78 is 5.83. The fourth-order valence-electron chi connectivity index (χ4n) is 2.92. The zero-order valence-corrected chi connectivity index (χ0v) is 11.2. The molecule has 1 aromatic carbocycles. The Bertz CT molecular complexity index is 575. The van der Waals surface area contributed by atoms with Crippen molar-refractivity contribution in [3.05, 3.63) is 35.0 Å². The van der Waals surface area contributed by atoms with Crippen LogP contribution in [0.5, 0.6) is 0 Å². The maximum Gasteiger partial charge on any atom is 0.137 e. The van der Waals surface area contributed by atoms with Gasteiger partial charge in [0.1, 0.15) is 16.9 Å². The van der Waals surface area contributed by atoms with Gasteiger partial charge in [0.2, 0.25) is 0 Å². The number of hydrogen-bond acceptors (Lipinski definition) is 2. The third-order valence-corrected chi connectivity index (χ3v) is 4.40. The molecule has 0 bridgehead atoms. The molecular formula is C15H17ClO2. The number of aliphatic hydroxyl groups is 1. The lowest BCUT2D eigenvalue weighted by Gasteiger charge is -2.36. The monoisotopic (exact) mass is 264 g/mol. The van der Waals surface area contributed by atoms with Crippen LogP contribution < -0.4 is 0 Å². The van der Waals surface area contributed by atoms with Gasteiger partial charge in [0.05, 0.1) is 0 Å². The first-order chi connectivity index (χ1) is 8.59. The Kier molecular flexibility index (Phi) is 2.87. The molecule has 1 aliphatic rings. The van der Waals surface area contributed by atoms with E-state index in [1.165, 1.54) is 6.42 Å². The van der Waals surface area contributed by atoms with Crippen molar-refractivity contribution in [3.63, 3.8) is 0 Å². The Hall–Kier alpha value is -0.990. The van der Waals surface area contributed by atoms with Crippen molar-refractivity contribution in [3.8, 4) is 0 Å². The first-order valence-electron chi connectivity index (χ1n) is 6.51. The lowest BCUT2D eigenvalue weighted by atomic mass is 9.75. The first kappa shape index (κ1) is 12.1. The minimum Gasteiger partial charge on any atom is -0.458 e. The molecule has 0 aliphatic heterocycles. The predicted octanol–water partition coefficient (Wildman–Crippen LogP) is 4.48. The highest BCUT2D eigenvalue weighted by atomic mass is 35.5. The second kappa shape index (κ2) is 4.29. The summed E-state index contributed by atoms with van der Waals surface area (Å²) in [7, 11) is 0. The van der Waals surface area contributed by atoms with Crippen LogP contribution in [0.3, 0.4) is 0 Å². The van der Waals surface area contributed by atoms with E-state index >= 15 is 0 Å². The number of fused-ring (bicyclic) bond motifs is 1. The van der Waals surface area contributed by atoms with Crippen LogP contribution in [0.1, 0.15) is 38.4 Å². The van der Waals surface area contributed by atoms with Crippen LogP contribution in [-0.2, 0) is 5.60 Å². The van der Waals surface area contributed by atoms with Crippen LogP contribution in [0.2, 0.25) is 5.02 Å². The molecule has 3 rings (SSSR count). The molecule has 2 unspecified atom stereocenters. The summed E-state index contributed by atoms with van der Waals surface area (Å²) >= 11 is 5.97. The highest BCUT2D eigenvalue weighted by molar-refractivity contribution is 6.31. The molecule has 2 aromatic rings. The van der Waals surface area contributed by atoms with E-state index in [2.05, 4.69) is 6.92 Å². The molecule has 0 radical (unpaired) electrons. The third kappa shape index (κ3) is 1.84. The van der Waals surface area contributed by atoms with Gasteiger partial charge in [0.15, 0.2) is 0 Å². The minimum absolute atomic E-state index is 0.238. The van der Waals surface area contributed by atoms with Gasteiger partial charge in [0.25, 0.3) is 0 Å². The molecule has 1 heterocycles. The van der Waals surface area contributed by atoms with Crippen molar-refractivity contribution < 1.29 is 9.52 Å². The van der Waals surface area contributed by atoms with Crippen LogP contribution in [0.15, 0.2) is 28.7 Å². The highest BCUT2D eigenvalue weighted by Crippen LogP contribution is 2.43. The van der Waals surface area contributed by atoms with Crippen molar-refractivity contribution >= 4 is 22.6 Å². The van der Waals surface area contributed by atoms with Gasteiger partial charge in [-0.3, -0.25) is 0 Å². The van der Waals surface area contributed by atoms with Crippen molar-refractivity contribution in [1.82, 2.24) is 0 Å². The number of rotatable bonds is 1. The SMILES string of the molecule is CC1CCCCC1(O)c1cc2cc(Cl)ccc2o1. The summed E-state index contributed by atoms with van der Waals surface area (Å²) in [6.07, 6.45) is 4.07. The second-order valence-electron chi connectivity index (χ2n) is 5.36. The van der Waals surface area contributed by atoms with E-state index in [1.54, 1.807) is 0 Å². The average molecular weight is 265 g/mol. The summed E-state index contributed by atoms with van der Waals surface area (Å²) in [5, 5.41) is 12.5. The van der Waals surface area contributed by atoms with Gasteiger partial charge in [-0.1, -0.05) is 31.4 Å². The van der Waals surface area contributed by atoms with E-state index in [4.69, 9.17) is 16.0 Å². The van der Waals surface area contributed by atoms with Crippen molar-refractivity contribution in [2.24, 2.45) is 5.92 Å². The molecule has 0 amide bonds. The lowest BCUT2D eigenvalue weighted by Crippen LogP contribution is -2.35. The lowest BCUT2D eigenvalue weighted by molar-refractivity contribution is -0.0626. The first-order valence-corrected chi connectivity index (χ1v) is 6.89. The van der Waals surface area contributed by atoms with E-state index in [9.17, 15) is 5.11 Å². The zero-order valence-electron chi connectivity index (χ0n) is 10.4. The van der Waals surface area contributed by atoms with Crippen LogP contribution >= 0.6 is 11.6 Å². The summed E-state index contributed by atoms with van der Waals surface area (Å²) in [5.41, 5.74) is -0.0235. The van der Waals surface area contributed by atoms with Crippen LogP contribution in [0.25, 0.3) is 11.0 Å². The summed E-state index contributed by atoms with van der Waals surface area (Å²) in [6, 6.07) is 7.48. The Labute approximate surface area is 112 Å². The molecule has 0 saturated heterocycles. The Balaban J connectivity index is 2.07. The van der Waals surface area contributed by atoms with Crippen LogP contribution in [0.4, 0.5) is 0 Å². The van der Waals surface area contributed by atoms with E-state index in [-0.39, 0.29) is 5.92 Å². The smallest absolute Gasteiger partial charge is 0.137 e. The minimum atomic E-state index is -0.816. The topological polar surface area (TPSA) is 33.4 Å². The summed E-state index contributed by atoms with van der Waals surface area (Å²) in [4.78, 5) is 0. The Morgan fingerprint density at radius 3 is 2.94 bits per heavy atom. The van der Waals surface area contributed by atoms with E-state index in [0.717, 1.165) is 30.2 Å². The number of hydrogen-bond donors (Lipinski definition) is 1. The fourth-order valence-corrected chi connectivity index (χ4v) is 3.10. The highest BCUT2D eigenvalue weighted by Gasteiger charge is 2.40. The molecule has 1 saturated carbocycles. The summed E-state index contributed by atoms with van der Waals surface area (Å²) in [6.45, 7) is 2.10. The second-order valence-corrected chi connectivity index (χ2v) is 5.80. The Morgan fingerprint density at radius 1 is 1.33 bits per heavy atom. The van der Waals surface area contributed by atoms with Gasteiger partial charge in [-0.2, -0.15) is 0 Å². The predicted molar refractivity (Wildman–Crippen MR) is 72.8 cm³/mol. The van der Waals surface area contributed by atoms with Gasteiger partial charge >= 0.3 is 0 Å². The molecule has 2 nitrogen and oxygen atoms in total. The van der Waals surface area contributed by atoms with Crippen molar-refractivity contribution in [2.75, 3.05) is 0 Å². The molecule has 3 heteroatoms. The molecule has 18 heavy (non-hydrogen) atoms. The molecule has 96 valence electrons. The molecule has 1 aliphatic carbocycles. The maximum atomic E-state index is 10.9. The largest absolute Gasteiger partial charge is 0.458 e. The van der Waals surface area contributed by atoms with Gasteiger partial charge in [-0.05, 0) is 43.0 Å². The van der Waals surface area contributed by atoms with Gasteiger partial charge < -0.3 is 9.52 Å². The van der Waals surface area contributed by atoms with E-state index < -0.39 is 5.60 Å². The molecule has 1 N–H and O–H groups in total. The molecule has 1 fully saturated rings. The quantitative estimate of drug-likeness (QED) is 0.824. The van der Waals surface area contributed by atoms with E-state index in [0.29, 0.717) is 10.8 Å². The van der Waals surface area contributed by atoms with Crippen LogP contribution in [-0.4, -0.2) is 5.11 Å². The van der Waals surface area contributed by atoms with Crippen LogP contribution in [0, 0.1) is 5.92 Å². The molecular weight excluding hydrogens is 248 g/mol. The Morgan fingerprint density at radius 2 is 2.17 bits per heavy atom. The standard InChI is InChI=1S/C15H17ClO2/c1-10-4-2-3-7-15(10,17)14-9-11-8-12(16)5-6-13(11)18-14/h5-6,8-10,17H,2-4,7H2,1H3. The molecule has 2 atom stereocenters. The van der Waals surface area contributed by atoms with Crippen molar-refractivity contribution in [2.45, 2.75) is 38.2 Å². The molecule has 1 aromatic heterocycles. The zero-order chi connectivity index (χ0) is 12.8. The number of benzene rings is 1. The number of furan rings is 1. The average Bonchev–Trinajstić information content (AvgIpc) is 2.76. The van der Waals surface area contributed by atoms with Gasteiger partial charge in [-0.15, -0.1) is 0 Å². The summed E-state index contributed by atoms with van der Waals surface area (Å²) in [5.74, 6) is 0.925.